The summed E-state index contributed by atoms with van der Waals surface area (Å²) in [4.78, 5) is 0. The SMILES string of the molecule is CCCCC(CC)CNPOCC(CC)CCCC. The van der Waals surface area contributed by atoms with Crippen molar-refractivity contribution in [1.82, 2.24) is 5.09 Å². The third-order valence-corrected chi connectivity index (χ3v) is 4.60. The minimum atomic E-state index is 0.484. The fourth-order valence-corrected chi connectivity index (χ4v) is 3.03. The van der Waals surface area contributed by atoms with Crippen molar-refractivity contribution < 1.29 is 4.52 Å². The van der Waals surface area contributed by atoms with E-state index in [0.717, 1.165) is 25.0 Å². The Morgan fingerprint density at radius 2 is 1.47 bits per heavy atom. The zero-order valence-corrected chi connectivity index (χ0v) is 14.6. The average Bonchev–Trinajstić information content (AvgIpc) is 2.45. The van der Waals surface area contributed by atoms with Gasteiger partial charge in [-0.25, -0.2) is 0 Å². The van der Waals surface area contributed by atoms with Crippen molar-refractivity contribution in [1.29, 1.82) is 0 Å². The van der Waals surface area contributed by atoms with Gasteiger partial charge in [0.2, 0.25) is 0 Å². The molecule has 0 saturated heterocycles. The van der Waals surface area contributed by atoms with Crippen LogP contribution < -0.4 is 5.09 Å². The minimum absolute atomic E-state index is 0.484. The molecule has 0 aromatic rings. The Bertz CT molecular complexity index is 160. The van der Waals surface area contributed by atoms with Gasteiger partial charge in [-0.2, -0.15) is 0 Å². The van der Waals surface area contributed by atoms with Crippen LogP contribution in [0.4, 0.5) is 0 Å². The second-order valence-electron chi connectivity index (χ2n) is 5.63. The van der Waals surface area contributed by atoms with Crippen LogP contribution in [0.5, 0.6) is 0 Å². The molecule has 116 valence electrons. The molecule has 2 nitrogen and oxygen atoms in total. The first kappa shape index (κ1) is 19.4. The van der Waals surface area contributed by atoms with E-state index >= 15 is 0 Å². The molecule has 0 aliphatic rings. The Morgan fingerprint density at radius 3 is 2.00 bits per heavy atom. The smallest absolute Gasteiger partial charge is 0.0861 e. The predicted octanol–water partition coefficient (Wildman–Crippen LogP) is 5.53. The second kappa shape index (κ2) is 14.8. The van der Waals surface area contributed by atoms with Crippen molar-refractivity contribution in [2.75, 3.05) is 13.2 Å². The fourth-order valence-electron chi connectivity index (χ4n) is 2.24. The van der Waals surface area contributed by atoms with E-state index < -0.39 is 0 Å². The van der Waals surface area contributed by atoms with Gasteiger partial charge < -0.3 is 4.52 Å². The molecule has 3 unspecified atom stereocenters. The molecule has 0 aromatic carbocycles. The molecule has 3 atom stereocenters. The Hall–Kier alpha value is 0.350. The molecule has 0 radical (unpaired) electrons. The quantitative estimate of drug-likeness (QED) is 0.335. The van der Waals surface area contributed by atoms with E-state index in [1.165, 1.54) is 51.4 Å². The highest BCUT2D eigenvalue weighted by Gasteiger charge is 2.07. The Balaban J connectivity index is 3.50. The van der Waals surface area contributed by atoms with Gasteiger partial charge in [0.05, 0.1) is 15.6 Å². The molecule has 0 spiro atoms. The number of rotatable bonds is 14. The lowest BCUT2D eigenvalue weighted by molar-refractivity contribution is 0.256. The molecule has 0 aliphatic carbocycles. The number of nitrogens with one attached hydrogen (secondary N) is 1. The van der Waals surface area contributed by atoms with Gasteiger partial charge in [0, 0.05) is 6.54 Å². The van der Waals surface area contributed by atoms with E-state index in [1.807, 2.05) is 0 Å². The fraction of sp³-hybridized carbons (Fsp3) is 1.00. The Labute approximate surface area is 123 Å². The maximum Gasteiger partial charge on any atom is 0.0861 e. The second-order valence-corrected chi connectivity index (χ2v) is 6.47. The van der Waals surface area contributed by atoms with Crippen LogP contribution in [-0.2, 0) is 4.52 Å². The van der Waals surface area contributed by atoms with Crippen LogP contribution in [0.3, 0.4) is 0 Å². The van der Waals surface area contributed by atoms with E-state index in [0.29, 0.717) is 8.96 Å². The molecule has 0 amide bonds. The molecular weight excluding hydrogens is 253 g/mol. The van der Waals surface area contributed by atoms with E-state index in [2.05, 4.69) is 32.8 Å². The summed E-state index contributed by atoms with van der Waals surface area (Å²) in [6, 6.07) is 0. The minimum Gasteiger partial charge on any atom is -0.346 e. The van der Waals surface area contributed by atoms with Crippen LogP contribution in [0.25, 0.3) is 0 Å². The first-order valence-corrected chi connectivity index (χ1v) is 9.28. The van der Waals surface area contributed by atoms with E-state index in [-0.39, 0.29) is 0 Å². The van der Waals surface area contributed by atoms with Crippen molar-refractivity contribution in [3.05, 3.63) is 0 Å². The molecule has 1 N–H and O–H groups in total. The zero-order chi connectivity index (χ0) is 14.3. The first-order chi connectivity index (χ1) is 9.28. The highest BCUT2D eigenvalue weighted by atomic mass is 31.1. The van der Waals surface area contributed by atoms with Crippen molar-refractivity contribution in [2.24, 2.45) is 11.8 Å². The van der Waals surface area contributed by atoms with Crippen LogP contribution in [0.15, 0.2) is 0 Å². The van der Waals surface area contributed by atoms with Gasteiger partial charge in [-0.05, 0) is 24.7 Å². The third kappa shape index (κ3) is 11.8. The van der Waals surface area contributed by atoms with E-state index in [4.69, 9.17) is 4.52 Å². The molecular formula is C16H36NOP. The Kier molecular flexibility index (Phi) is 15.0. The number of hydrogen-bond donors (Lipinski definition) is 1. The topological polar surface area (TPSA) is 21.3 Å². The summed E-state index contributed by atoms with van der Waals surface area (Å²) in [6.45, 7) is 11.2. The summed E-state index contributed by atoms with van der Waals surface area (Å²) in [7, 11) is 0.484. The molecule has 3 heteroatoms. The average molecular weight is 289 g/mol. The third-order valence-electron chi connectivity index (χ3n) is 3.94. The molecule has 0 bridgehead atoms. The van der Waals surface area contributed by atoms with E-state index in [1.54, 1.807) is 0 Å². The summed E-state index contributed by atoms with van der Waals surface area (Å²) in [5.74, 6) is 1.59. The molecule has 0 aliphatic heterocycles. The summed E-state index contributed by atoms with van der Waals surface area (Å²) < 4.78 is 5.80. The largest absolute Gasteiger partial charge is 0.346 e. The number of hydrogen-bond acceptors (Lipinski definition) is 2. The summed E-state index contributed by atoms with van der Waals surface area (Å²) in [5.41, 5.74) is 0. The Morgan fingerprint density at radius 1 is 0.895 bits per heavy atom. The highest BCUT2D eigenvalue weighted by Crippen LogP contribution is 2.18. The van der Waals surface area contributed by atoms with Crippen molar-refractivity contribution >= 4 is 8.96 Å². The summed E-state index contributed by atoms with van der Waals surface area (Å²) in [5, 5.41) is 3.49. The molecule has 0 rings (SSSR count). The van der Waals surface area contributed by atoms with Gasteiger partial charge in [-0.15, -0.1) is 0 Å². The van der Waals surface area contributed by atoms with Gasteiger partial charge in [0.25, 0.3) is 0 Å². The van der Waals surface area contributed by atoms with Gasteiger partial charge in [0.15, 0.2) is 0 Å². The van der Waals surface area contributed by atoms with Crippen LogP contribution in [0, 0.1) is 11.8 Å². The number of unbranched alkanes of at least 4 members (excludes halogenated alkanes) is 2. The lowest BCUT2D eigenvalue weighted by atomic mass is 10.00. The first-order valence-electron chi connectivity index (χ1n) is 8.37. The molecule has 0 saturated carbocycles. The van der Waals surface area contributed by atoms with Crippen molar-refractivity contribution in [3.63, 3.8) is 0 Å². The van der Waals surface area contributed by atoms with E-state index in [9.17, 15) is 0 Å². The molecule has 0 fully saturated rings. The highest BCUT2D eigenvalue weighted by molar-refractivity contribution is 7.29. The molecule has 0 aromatic heterocycles. The molecule has 0 heterocycles. The zero-order valence-electron chi connectivity index (χ0n) is 13.6. The van der Waals surface area contributed by atoms with Crippen LogP contribution >= 0.6 is 8.96 Å². The van der Waals surface area contributed by atoms with Gasteiger partial charge in [-0.1, -0.05) is 66.2 Å². The van der Waals surface area contributed by atoms with Crippen LogP contribution in [0.1, 0.15) is 79.1 Å². The van der Waals surface area contributed by atoms with Crippen LogP contribution in [0.2, 0.25) is 0 Å². The maximum atomic E-state index is 5.80. The predicted molar refractivity (Wildman–Crippen MR) is 88.9 cm³/mol. The van der Waals surface area contributed by atoms with Crippen LogP contribution in [-0.4, -0.2) is 13.2 Å². The lowest BCUT2D eigenvalue weighted by Crippen LogP contribution is -2.16. The normalized spacial score (nSPS) is 15.2. The standard InChI is InChI=1S/C16H36NOP/c1-5-9-11-15(7-3)13-17-19-18-14-16(8-4)12-10-6-2/h15-17,19H,5-14H2,1-4H3. The van der Waals surface area contributed by atoms with Gasteiger partial charge >= 0.3 is 0 Å². The summed E-state index contributed by atoms with van der Waals surface area (Å²) in [6.07, 6.45) is 10.5. The summed E-state index contributed by atoms with van der Waals surface area (Å²) >= 11 is 0. The van der Waals surface area contributed by atoms with Crippen molar-refractivity contribution in [3.8, 4) is 0 Å². The molecule has 19 heavy (non-hydrogen) atoms. The maximum absolute atomic E-state index is 5.80. The van der Waals surface area contributed by atoms with Gasteiger partial charge in [0.1, 0.15) is 0 Å². The lowest BCUT2D eigenvalue weighted by Gasteiger charge is -2.17. The van der Waals surface area contributed by atoms with Crippen molar-refractivity contribution in [2.45, 2.75) is 79.1 Å². The monoisotopic (exact) mass is 289 g/mol. The van der Waals surface area contributed by atoms with Gasteiger partial charge in [-0.3, -0.25) is 5.09 Å².